The maximum Gasteiger partial charge on any atom is 0.273 e. The van der Waals surface area contributed by atoms with E-state index >= 15 is 0 Å². The van der Waals surface area contributed by atoms with E-state index in [1.165, 1.54) is 0 Å². The number of carbonyl (C=O) groups excluding carboxylic acids is 2. The van der Waals surface area contributed by atoms with Crippen LogP contribution in [-0.2, 0) is 17.9 Å². The fourth-order valence-electron chi connectivity index (χ4n) is 6.30. The lowest BCUT2D eigenvalue weighted by molar-refractivity contribution is -0.134. The lowest BCUT2D eigenvalue weighted by atomic mass is 9.86. The molecule has 2 amide bonds. The number of aromatic nitrogens is 2. The summed E-state index contributed by atoms with van der Waals surface area (Å²) in [4.78, 5) is 30.5. The second-order valence-electron chi connectivity index (χ2n) is 11.6. The SMILES string of the molecule is Cc1ccc2c(c1)c(-n1cccc1)c1n2C[C@](C)(C(=O)NC2CCC(C)CC2)N(Cc2ccccc2Cl)C1=O. The first-order valence-corrected chi connectivity index (χ1v) is 14.3. The van der Waals surface area contributed by atoms with Crippen LogP contribution in [0.1, 0.15) is 61.1 Å². The molecule has 6 rings (SSSR count). The molecule has 2 aromatic carbocycles. The average molecular weight is 543 g/mol. The van der Waals surface area contributed by atoms with Crippen LogP contribution in [0.3, 0.4) is 0 Å². The predicted octanol–water partition coefficient (Wildman–Crippen LogP) is 6.50. The molecule has 0 saturated heterocycles. The Bertz CT molecular complexity index is 1550. The average Bonchev–Trinajstić information content (AvgIpc) is 3.55. The number of hydrogen-bond donors (Lipinski definition) is 1. The molecule has 1 saturated carbocycles. The van der Waals surface area contributed by atoms with Crippen molar-refractivity contribution in [2.24, 2.45) is 5.92 Å². The van der Waals surface area contributed by atoms with Gasteiger partial charge in [-0.1, -0.05) is 48.4 Å². The van der Waals surface area contributed by atoms with Gasteiger partial charge in [0.15, 0.2) is 0 Å². The van der Waals surface area contributed by atoms with Gasteiger partial charge in [0.25, 0.3) is 5.91 Å². The van der Waals surface area contributed by atoms with Crippen LogP contribution < -0.4 is 5.32 Å². The van der Waals surface area contributed by atoms with Gasteiger partial charge in [-0.15, -0.1) is 0 Å². The van der Waals surface area contributed by atoms with Crippen LogP contribution in [0, 0.1) is 12.8 Å². The number of aryl methyl sites for hydroxylation is 1. The van der Waals surface area contributed by atoms with Gasteiger partial charge in [0.2, 0.25) is 5.91 Å². The van der Waals surface area contributed by atoms with Crippen LogP contribution in [0.4, 0.5) is 0 Å². The molecule has 1 N–H and O–H groups in total. The van der Waals surface area contributed by atoms with Crippen molar-refractivity contribution in [2.45, 2.75) is 71.1 Å². The highest BCUT2D eigenvalue weighted by molar-refractivity contribution is 6.31. The second kappa shape index (κ2) is 9.91. The summed E-state index contributed by atoms with van der Waals surface area (Å²) in [6, 6.07) is 17.9. The van der Waals surface area contributed by atoms with Crippen molar-refractivity contribution >= 4 is 34.3 Å². The maximum absolute atomic E-state index is 14.6. The van der Waals surface area contributed by atoms with Gasteiger partial charge in [0.1, 0.15) is 11.2 Å². The van der Waals surface area contributed by atoms with E-state index in [0.29, 0.717) is 23.2 Å². The first-order chi connectivity index (χ1) is 18.8. The fourth-order valence-corrected chi connectivity index (χ4v) is 6.50. The molecule has 1 fully saturated rings. The third kappa shape index (κ3) is 4.45. The summed E-state index contributed by atoms with van der Waals surface area (Å²) in [6.45, 7) is 6.84. The summed E-state index contributed by atoms with van der Waals surface area (Å²) in [7, 11) is 0. The third-order valence-corrected chi connectivity index (χ3v) is 9.06. The number of nitrogens with zero attached hydrogens (tertiary/aromatic N) is 3. The minimum atomic E-state index is -1.10. The van der Waals surface area contributed by atoms with E-state index in [1.54, 1.807) is 4.90 Å². The molecule has 7 heteroatoms. The minimum Gasteiger partial charge on any atom is -0.351 e. The van der Waals surface area contributed by atoms with Gasteiger partial charge < -0.3 is 19.4 Å². The molecule has 202 valence electrons. The standard InChI is InChI=1S/C32H35ClN4O2/c1-21-10-13-24(14-11-21)34-31(39)32(3)20-36-27-15-12-22(2)18-25(27)28(35-16-6-7-17-35)29(36)30(38)37(32)19-23-8-4-5-9-26(23)33/h4-9,12,15-18,21,24H,10-11,13-14,19-20H2,1-3H3,(H,34,39)/t21?,24?,32-/m1/s1. The fraction of sp³-hybridized carbons (Fsp3) is 0.375. The topological polar surface area (TPSA) is 59.3 Å². The van der Waals surface area contributed by atoms with Crippen LogP contribution in [0.2, 0.25) is 5.02 Å². The van der Waals surface area contributed by atoms with Crippen molar-refractivity contribution in [3.8, 4) is 5.69 Å². The lowest BCUT2D eigenvalue weighted by Gasteiger charge is -2.45. The Morgan fingerprint density at radius 3 is 2.49 bits per heavy atom. The van der Waals surface area contributed by atoms with Crippen molar-refractivity contribution in [1.82, 2.24) is 19.4 Å². The molecule has 1 aliphatic heterocycles. The highest BCUT2D eigenvalue weighted by Gasteiger charge is 2.49. The summed E-state index contributed by atoms with van der Waals surface area (Å²) in [5.74, 6) is 0.407. The van der Waals surface area contributed by atoms with Crippen molar-refractivity contribution in [2.75, 3.05) is 0 Å². The monoisotopic (exact) mass is 542 g/mol. The van der Waals surface area contributed by atoms with Crippen LogP contribution in [0.25, 0.3) is 16.6 Å². The Morgan fingerprint density at radius 2 is 1.77 bits per heavy atom. The second-order valence-corrected chi connectivity index (χ2v) is 12.0. The number of hydrogen-bond acceptors (Lipinski definition) is 2. The van der Waals surface area contributed by atoms with E-state index in [0.717, 1.165) is 53.4 Å². The van der Waals surface area contributed by atoms with Crippen molar-refractivity contribution in [3.63, 3.8) is 0 Å². The van der Waals surface area contributed by atoms with Gasteiger partial charge in [-0.05, 0) is 81.3 Å². The van der Waals surface area contributed by atoms with Gasteiger partial charge in [0, 0.05) is 35.4 Å². The predicted molar refractivity (Wildman–Crippen MR) is 155 cm³/mol. The van der Waals surface area contributed by atoms with Crippen LogP contribution in [-0.4, -0.2) is 37.4 Å². The lowest BCUT2D eigenvalue weighted by Crippen LogP contribution is -2.64. The van der Waals surface area contributed by atoms with E-state index in [9.17, 15) is 9.59 Å². The molecule has 39 heavy (non-hydrogen) atoms. The first-order valence-electron chi connectivity index (χ1n) is 13.9. The zero-order valence-corrected chi connectivity index (χ0v) is 23.5. The normalized spacial score (nSPS) is 23.2. The van der Waals surface area contributed by atoms with E-state index < -0.39 is 5.54 Å². The van der Waals surface area contributed by atoms with E-state index in [1.807, 2.05) is 60.3 Å². The zero-order chi connectivity index (χ0) is 27.3. The van der Waals surface area contributed by atoms with Crippen LogP contribution >= 0.6 is 11.6 Å². The molecule has 1 aliphatic carbocycles. The van der Waals surface area contributed by atoms with E-state index in [-0.39, 0.29) is 24.4 Å². The van der Waals surface area contributed by atoms with E-state index in [2.05, 4.69) is 41.9 Å². The molecule has 2 aliphatic rings. The minimum absolute atomic E-state index is 0.107. The molecule has 2 aromatic heterocycles. The number of fused-ring (bicyclic) bond motifs is 3. The summed E-state index contributed by atoms with van der Waals surface area (Å²) in [5, 5.41) is 4.92. The number of rotatable bonds is 5. The molecule has 0 spiro atoms. The molecule has 4 aromatic rings. The molecular weight excluding hydrogens is 508 g/mol. The molecule has 0 radical (unpaired) electrons. The van der Waals surface area contributed by atoms with Crippen molar-refractivity contribution < 1.29 is 9.59 Å². The van der Waals surface area contributed by atoms with Crippen LogP contribution in [0.5, 0.6) is 0 Å². The summed E-state index contributed by atoms with van der Waals surface area (Å²) < 4.78 is 4.06. The molecule has 0 bridgehead atoms. The highest BCUT2D eigenvalue weighted by atomic mass is 35.5. The highest BCUT2D eigenvalue weighted by Crippen LogP contribution is 2.39. The first kappa shape index (κ1) is 25.8. The zero-order valence-electron chi connectivity index (χ0n) is 22.8. The van der Waals surface area contributed by atoms with Gasteiger partial charge in [-0.2, -0.15) is 0 Å². The quantitative estimate of drug-likeness (QED) is 0.313. The number of halogens is 1. The van der Waals surface area contributed by atoms with E-state index in [4.69, 9.17) is 11.6 Å². The van der Waals surface area contributed by atoms with Crippen molar-refractivity contribution in [3.05, 3.63) is 88.8 Å². The Morgan fingerprint density at radius 1 is 1.05 bits per heavy atom. The smallest absolute Gasteiger partial charge is 0.273 e. The number of benzene rings is 2. The van der Waals surface area contributed by atoms with Gasteiger partial charge in [-0.25, -0.2) is 0 Å². The number of carbonyl (C=O) groups is 2. The number of amides is 2. The van der Waals surface area contributed by atoms with Gasteiger partial charge >= 0.3 is 0 Å². The largest absolute Gasteiger partial charge is 0.351 e. The maximum atomic E-state index is 14.6. The molecule has 0 unspecified atom stereocenters. The third-order valence-electron chi connectivity index (χ3n) is 8.69. The summed E-state index contributed by atoms with van der Waals surface area (Å²) >= 11 is 6.58. The van der Waals surface area contributed by atoms with Gasteiger partial charge in [0.05, 0.1) is 17.7 Å². The van der Waals surface area contributed by atoms with Crippen molar-refractivity contribution in [1.29, 1.82) is 0 Å². The summed E-state index contributed by atoms with van der Waals surface area (Å²) in [6.07, 6.45) is 8.08. The Balaban J connectivity index is 1.49. The Kier molecular flexibility index (Phi) is 6.54. The number of nitrogens with one attached hydrogen (secondary N) is 1. The molecule has 3 heterocycles. The Labute approximate surface area is 234 Å². The van der Waals surface area contributed by atoms with Gasteiger partial charge in [-0.3, -0.25) is 9.59 Å². The molecule has 1 atom stereocenters. The summed E-state index contributed by atoms with van der Waals surface area (Å²) in [5.41, 5.74) is 3.23. The van der Waals surface area contributed by atoms with Crippen LogP contribution in [0.15, 0.2) is 67.0 Å². The Hall–Kier alpha value is -3.51. The molecule has 6 nitrogen and oxygen atoms in total. The molecular formula is C32H35ClN4O2.